The van der Waals surface area contributed by atoms with Crippen molar-refractivity contribution in [3.05, 3.63) is 29.8 Å². The first-order chi connectivity index (χ1) is 9.62. The minimum Gasteiger partial charge on any atom is -0.494 e. The molecule has 1 N–H and O–H groups in total. The Balaban J connectivity index is 2.67. The lowest BCUT2D eigenvalue weighted by Crippen LogP contribution is -2.34. The molecule has 1 atom stereocenters. The van der Waals surface area contributed by atoms with Crippen LogP contribution in [0.3, 0.4) is 0 Å². The van der Waals surface area contributed by atoms with E-state index in [1.54, 1.807) is 31.3 Å². The molecular formula is C15H21NO4. The van der Waals surface area contributed by atoms with Crippen LogP contribution >= 0.6 is 0 Å². The topological polar surface area (TPSA) is 64.6 Å². The highest BCUT2D eigenvalue weighted by molar-refractivity contribution is 6.00. The Hall–Kier alpha value is -1.88. The van der Waals surface area contributed by atoms with Crippen LogP contribution in [-0.4, -0.2) is 38.6 Å². The number of ketones is 1. The number of likely N-dealkylation sites (N-methyl/N-ethyl adjacent to an activating group) is 1. The SMILES string of the molecule is CCOc1ccc(C(=O)C(CCC(=O)OC)NC)cc1. The molecule has 0 saturated carbocycles. The van der Waals surface area contributed by atoms with Crippen molar-refractivity contribution >= 4 is 11.8 Å². The van der Waals surface area contributed by atoms with Gasteiger partial charge >= 0.3 is 5.97 Å². The van der Waals surface area contributed by atoms with Crippen LogP contribution in [0.5, 0.6) is 5.75 Å². The predicted octanol–water partition coefficient (Wildman–Crippen LogP) is 1.81. The highest BCUT2D eigenvalue weighted by atomic mass is 16.5. The molecule has 0 bridgehead atoms. The second-order valence-corrected chi connectivity index (χ2v) is 4.28. The molecule has 0 amide bonds. The van der Waals surface area contributed by atoms with E-state index < -0.39 is 6.04 Å². The minimum atomic E-state index is -0.396. The zero-order valence-corrected chi connectivity index (χ0v) is 12.1. The lowest BCUT2D eigenvalue weighted by Gasteiger charge is -2.14. The van der Waals surface area contributed by atoms with Gasteiger partial charge in [-0.25, -0.2) is 0 Å². The standard InChI is InChI=1S/C15H21NO4/c1-4-20-12-7-5-11(6-8-12)15(18)13(16-2)9-10-14(17)19-3/h5-8,13,16H,4,9-10H2,1-3H3. The fourth-order valence-corrected chi connectivity index (χ4v) is 1.85. The van der Waals surface area contributed by atoms with Crippen LogP contribution in [0.1, 0.15) is 30.1 Å². The maximum absolute atomic E-state index is 12.3. The van der Waals surface area contributed by atoms with E-state index in [1.165, 1.54) is 7.11 Å². The summed E-state index contributed by atoms with van der Waals surface area (Å²) in [4.78, 5) is 23.4. The smallest absolute Gasteiger partial charge is 0.305 e. The Bertz CT molecular complexity index is 442. The Morgan fingerprint density at radius 3 is 2.40 bits per heavy atom. The van der Waals surface area contributed by atoms with E-state index in [2.05, 4.69) is 10.1 Å². The molecule has 110 valence electrons. The van der Waals surface area contributed by atoms with E-state index in [9.17, 15) is 9.59 Å². The van der Waals surface area contributed by atoms with Crippen LogP contribution < -0.4 is 10.1 Å². The van der Waals surface area contributed by atoms with Crippen molar-refractivity contribution in [2.45, 2.75) is 25.8 Å². The predicted molar refractivity (Wildman–Crippen MR) is 76.0 cm³/mol. The number of hydrogen-bond donors (Lipinski definition) is 1. The molecule has 0 aliphatic carbocycles. The molecular weight excluding hydrogens is 258 g/mol. The third kappa shape index (κ3) is 4.66. The highest BCUT2D eigenvalue weighted by Gasteiger charge is 2.19. The molecule has 0 aliphatic heterocycles. The average molecular weight is 279 g/mol. The summed E-state index contributed by atoms with van der Waals surface area (Å²) in [5.41, 5.74) is 0.595. The summed E-state index contributed by atoms with van der Waals surface area (Å²) in [6, 6.07) is 6.60. The second-order valence-electron chi connectivity index (χ2n) is 4.28. The zero-order valence-electron chi connectivity index (χ0n) is 12.1. The first-order valence-corrected chi connectivity index (χ1v) is 6.63. The number of Topliss-reactive ketones (excluding diaryl/α,β-unsaturated/α-hetero) is 1. The van der Waals surface area contributed by atoms with Crippen molar-refractivity contribution in [1.82, 2.24) is 5.32 Å². The molecule has 0 heterocycles. The van der Waals surface area contributed by atoms with Crippen LogP contribution in [-0.2, 0) is 9.53 Å². The van der Waals surface area contributed by atoms with E-state index in [1.807, 2.05) is 6.92 Å². The summed E-state index contributed by atoms with van der Waals surface area (Å²) < 4.78 is 9.91. The maximum Gasteiger partial charge on any atom is 0.305 e. The molecule has 0 radical (unpaired) electrons. The molecule has 1 aromatic rings. The normalized spacial score (nSPS) is 11.8. The van der Waals surface area contributed by atoms with E-state index in [0.717, 1.165) is 5.75 Å². The molecule has 1 unspecified atom stereocenters. The van der Waals surface area contributed by atoms with Gasteiger partial charge in [-0.15, -0.1) is 0 Å². The van der Waals surface area contributed by atoms with Gasteiger partial charge in [0.1, 0.15) is 5.75 Å². The first kappa shape index (κ1) is 16.2. The maximum atomic E-state index is 12.3. The number of nitrogens with one attached hydrogen (secondary N) is 1. The first-order valence-electron chi connectivity index (χ1n) is 6.63. The number of benzene rings is 1. The number of esters is 1. The molecule has 1 aromatic carbocycles. The number of methoxy groups -OCH3 is 1. The van der Waals surface area contributed by atoms with Crippen molar-refractivity contribution in [2.75, 3.05) is 20.8 Å². The highest BCUT2D eigenvalue weighted by Crippen LogP contribution is 2.15. The van der Waals surface area contributed by atoms with Gasteiger partial charge in [0.05, 0.1) is 19.8 Å². The van der Waals surface area contributed by atoms with Gasteiger partial charge in [0, 0.05) is 12.0 Å². The molecule has 0 fully saturated rings. The van der Waals surface area contributed by atoms with E-state index in [-0.39, 0.29) is 18.2 Å². The van der Waals surface area contributed by atoms with E-state index in [0.29, 0.717) is 18.6 Å². The number of hydrogen-bond acceptors (Lipinski definition) is 5. The van der Waals surface area contributed by atoms with E-state index in [4.69, 9.17) is 4.74 Å². The van der Waals surface area contributed by atoms with Gasteiger partial charge in [0.15, 0.2) is 5.78 Å². The van der Waals surface area contributed by atoms with Gasteiger partial charge in [-0.2, -0.15) is 0 Å². The second kappa shape index (κ2) is 8.32. The average Bonchev–Trinajstić information content (AvgIpc) is 2.48. The minimum absolute atomic E-state index is 0.0422. The Morgan fingerprint density at radius 1 is 1.25 bits per heavy atom. The van der Waals surface area contributed by atoms with Crippen LogP contribution in [0.4, 0.5) is 0 Å². The third-order valence-corrected chi connectivity index (χ3v) is 2.98. The quantitative estimate of drug-likeness (QED) is 0.581. The van der Waals surface area contributed by atoms with Gasteiger partial charge in [-0.1, -0.05) is 0 Å². The number of carbonyl (C=O) groups is 2. The molecule has 5 heteroatoms. The third-order valence-electron chi connectivity index (χ3n) is 2.98. The number of carbonyl (C=O) groups excluding carboxylic acids is 2. The van der Waals surface area contributed by atoms with Crippen molar-refractivity contribution in [2.24, 2.45) is 0 Å². The molecule has 5 nitrogen and oxygen atoms in total. The molecule has 1 rings (SSSR count). The Kier molecular flexibility index (Phi) is 6.73. The lowest BCUT2D eigenvalue weighted by molar-refractivity contribution is -0.140. The molecule has 0 saturated heterocycles. The molecule has 0 spiro atoms. The summed E-state index contributed by atoms with van der Waals surface area (Å²) in [6.07, 6.45) is 0.625. The molecule has 20 heavy (non-hydrogen) atoms. The summed E-state index contributed by atoms with van der Waals surface area (Å²) in [5.74, 6) is 0.379. The monoisotopic (exact) mass is 279 g/mol. The van der Waals surface area contributed by atoms with Gasteiger partial charge in [0.2, 0.25) is 0 Å². The fraction of sp³-hybridized carbons (Fsp3) is 0.467. The Morgan fingerprint density at radius 2 is 1.90 bits per heavy atom. The fourth-order valence-electron chi connectivity index (χ4n) is 1.85. The summed E-state index contributed by atoms with van der Waals surface area (Å²) in [6.45, 7) is 2.49. The lowest BCUT2D eigenvalue weighted by atomic mass is 10.0. The summed E-state index contributed by atoms with van der Waals surface area (Å²) >= 11 is 0. The van der Waals surface area contributed by atoms with Crippen LogP contribution in [0.2, 0.25) is 0 Å². The molecule has 0 aliphatic rings. The number of rotatable bonds is 8. The van der Waals surface area contributed by atoms with Crippen LogP contribution in [0.15, 0.2) is 24.3 Å². The van der Waals surface area contributed by atoms with Crippen LogP contribution in [0, 0.1) is 0 Å². The van der Waals surface area contributed by atoms with E-state index >= 15 is 0 Å². The molecule has 0 aromatic heterocycles. The summed E-state index contributed by atoms with van der Waals surface area (Å²) in [5, 5.41) is 2.93. The van der Waals surface area contributed by atoms with Crippen molar-refractivity contribution < 1.29 is 19.1 Å². The van der Waals surface area contributed by atoms with Crippen LogP contribution in [0.25, 0.3) is 0 Å². The Labute approximate surface area is 119 Å². The zero-order chi connectivity index (χ0) is 15.0. The van der Waals surface area contributed by atoms with Crippen molar-refractivity contribution in [1.29, 1.82) is 0 Å². The van der Waals surface area contributed by atoms with Gasteiger partial charge < -0.3 is 14.8 Å². The largest absolute Gasteiger partial charge is 0.494 e. The van der Waals surface area contributed by atoms with Gasteiger partial charge in [-0.3, -0.25) is 9.59 Å². The van der Waals surface area contributed by atoms with Crippen molar-refractivity contribution in [3.8, 4) is 5.75 Å². The van der Waals surface area contributed by atoms with Gasteiger partial charge in [-0.05, 0) is 44.7 Å². The summed E-state index contributed by atoms with van der Waals surface area (Å²) in [7, 11) is 3.04. The van der Waals surface area contributed by atoms with Gasteiger partial charge in [0.25, 0.3) is 0 Å². The number of ether oxygens (including phenoxy) is 2. The van der Waals surface area contributed by atoms with Crippen molar-refractivity contribution in [3.63, 3.8) is 0 Å².